The largest absolute Gasteiger partial charge is 0.395 e. The Balaban J connectivity index is 2.90. The standard InChI is InChI=1S/C12H17BrF2N2O/c13-10-3-1-2-9(6-10)11(7-16)17(4-5-18)8-12(14)15/h1-3,6,11-12,18H,4-5,7-8,16H2. The van der Waals surface area contributed by atoms with E-state index in [9.17, 15) is 8.78 Å². The highest BCUT2D eigenvalue weighted by Crippen LogP contribution is 2.23. The second-order valence-corrected chi connectivity index (χ2v) is 4.83. The number of hydrogen-bond donors (Lipinski definition) is 2. The summed E-state index contributed by atoms with van der Waals surface area (Å²) in [7, 11) is 0. The second kappa shape index (κ2) is 7.78. The molecule has 0 saturated heterocycles. The molecule has 1 aromatic carbocycles. The molecule has 1 atom stereocenters. The summed E-state index contributed by atoms with van der Waals surface area (Å²) in [5, 5.41) is 8.96. The molecule has 0 bridgehead atoms. The molecule has 6 heteroatoms. The quantitative estimate of drug-likeness (QED) is 0.807. The average molecular weight is 323 g/mol. The van der Waals surface area contributed by atoms with Gasteiger partial charge < -0.3 is 10.8 Å². The maximum absolute atomic E-state index is 12.5. The Morgan fingerprint density at radius 1 is 1.39 bits per heavy atom. The van der Waals surface area contributed by atoms with Crippen molar-refractivity contribution in [1.29, 1.82) is 0 Å². The van der Waals surface area contributed by atoms with Crippen LogP contribution in [0.5, 0.6) is 0 Å². The van der Waals surface area contributed by atoms with Gasteiger partial charge in [-0.05, 0) is 17.7 Å². The van der Waals surface area contributed by atoms with E-state index in [1.165, 1.54) is 4.90 Å². The number of benzene rings is 1. The molecule has 0 amide bonds. The van der Waals surface area contributed by atoms with Crippen LogP contribution in [0.25, 0.3) is 0 Å². The van der Waals surface area contributed by atoms with E-state index in [2.05, 4.69) is 15.9 Å². The second-order valence-electron chi connectivity index (χ2n) is 3.92. The van der Waals surface area contributed by atoms with Crippen LogP contribution in [-0.2, 0) is 0 Å². The molecule has 0 aliphatic rings. The van der Waals surface area contributed by atoms with Gasteiger partial charge in [-0.1, -0.05) is 28.1 Å². The van der Waals surface area contributed by atoms with E-state index in [4.69, 9.17) is 10.8 Å². The molecule has 0 heterocycles. The number of halogens is 3. The third-order valence-electron chi connectivity index (χ3n) is 2.66. The van der Waals surface area contributed by atoms with Crippen LogP contribution in [0.15, 0.2) is 28.7 Å². The number of nitrogens with zero attached hydrogens (tertiary/aromatic N) is 1. The number of rotatable bonds is 7. The summed E-state index contributed by atoms with van der Waals surface area (Å²) in [6.45, 7) is -0.159. The van der Waals surface area contributed by atoms with Crippen LogP contribution in [0.1, 0.15) is 11.6 Å². The van der Waals surface area contributed by atoms with Gasteiger partial charge >= 0.3 is 0 Å². The van der Waals surface area contributed by atoms with E-state index in [1.54, 1.807) is 0 Å². The Morgan fingerprint density at radius 3 is 2.61 bits per heavy atom. The molecule has 18 heavy (non-hydrogen) atoms. The summed E-state index contributed by atoms with van der Waals surface area (Å²) >= 11 is 3.34. The third kappa shape index (κ3) is 4.61. The van der Waals surface area contributed by atoms with Gasteiger partial charge in [0.15, 0.2) is 0 Å². The first-order valence-corrected chi connectivity index (χ1v) is 6.46. The minimum absolute atomic E-state index is 0.169. The monoisotopic (exact) mass is 322 g/mol. The van der Waals surface area contributed by atoms with Crippen LogP contribution < -0.4 is 5.73 Å². The summed E-state index contributed by atoms with van der Waals surface area (Å²) in [5.74, 6) is 0. The van der Waals surface area contributed by atoms with Gasteiger partial charge in [0.25, 0.3) is 6.43 Å². The fraction of sp³-hybridized carbons (Fsp3) is 0.500. The maximum atomic E-state index is 12.5. The Morgan fingerprint density at radius 2 is 2.11 bits per heavy atom. The lowest BCUT2D eigenvalue weighted by atomic mass is 10.1. The van der Waals surface area contributed by atoms with Gasteiger partial charge in [0, 0.05) is 23.6 Å². The Hall–Kier alpha value is -0.560. The Bertz CT molecular complexity index is 366. The van der Waals surface area contributed by atoms with E-state index in [0.717, 1.165) is 10.0 Å². The van der Waals surface area contributed by atoms with Gasteiger partial charge in [0.1, 0.15) is 0 Å². The molecule has 1 unspecified atom stereocenters. The summed E-state index contributed by atoms with van der Waals surface area (Å²) in [6.07, 6.45) is -2.45. The number of nitrogens with two attached hydrogens (primary N) is 1. The minimum Gasteiger partial charge on any atom is -0.395 e. The van der Waals surface area contributed by atoms with Gasteiger partial charge in [-0.3, -0.25) is 4.90 Å². The highest BCUT2D eigenvalue weighted by molar-refractivity contribution is 9.10. The third-order valence-corrected chi connectivity index (χ3v) is 3.15. The predicted octanol–water partition coefficient (Wildman–Crippen LogP) is 2.01. The molecular formula is C12H17BrF2N2O. The summed E-state index contributed by atoms with van der Waals surface area (Å²) < 4.78 is 25.9. The number of aliphatic hydroxyl groups is 1. The van der Waals surface area contributed by atoms with Crippen molar-refractivity contribution in [2.24, 2.45) is 5.73 Å². The zero-order valence-corrected chi connectivity index (χ0v) is 11.5. The van der Waals surface area contributed by atoms with E-state index in [0.29, 0.717) is 0 Å². The van der Waals surface area contributed by atoms with Gasteiger partial charge in [-0.25, -0.2) is 8.78 Å². The topological polar surface area (TPSA) is 49.5 Å². The molecule has 3 N–H and O–H groups in total. The van der Waals surface area contributed by atoms with Crippen molar-refractivity contribution >= 4 is 15.9 Å². The fourth-order valence-electron chi connectivity index (χ4n) is 1.89. The van der Waals surface area contributed by atoms with Crippen molar-refractivity contribution in [2.75, 3.05) is 26.2 Å². The van der Waals surface area contributed by atoms with Crippen LogP contribution in [0.2, 0.25) is 0 Å². The first-order valence-electron chi connectivity index (χ1n) is 5.67. The van der Waals surface area contributed by atoms with Crippen molar-refractivity contribution in [3.05, 3.63) is 34.3 Å². The predicted molar refractivity (Wildman–Crippen MR) is 70.6 cm³/mol. The van der Waals surface area contributed by atoms with Crippen molar-refractivity contribution in [3.8, 4) is 0 Å². The molecule has 1 aromatic rings. The molecule has 0 radical (unpaired) electrons. The SMILES string of the molecule is NCC(c1cccc(Br)c1)N(CCO)CC(F)F. The smallest absolute Gasteiger partial charge is 0.251 e. The first kappa shape index (κ1) is 15.5. The zero-order valence-electron chi connectivity index (χ0n) is 9.90. The van der Waals surface area contributed by atoms with E-state index < -0.39 is 13.0 Å². The lowest BCUT2D eigenvalue weighted by Crippen LogP contribution is -2.38. The molecule has 0 spiro atoms. The van der Waals surface area contributed by atoms with Crippen LogP contribution in [0.3, 0.4) is 0 Å². The molecule has 3 nitrogen and oxygen atoms in total. The van der Waals surface area contributed by atoms with Crippen LogP contribution >= 0.6 is 15.9 Å². The lowest BCUT2D eigenvalue weighted by molar-refractivity contribution is 0.0562. The maximum Gasteiger partial charge on any atom is 0.251 e. The van der Waals surface area contributed by atoms with Gasteiger partial charge in [-0.2, -0.15) is 0 Å². The highest BCUT2D eigenvalue weighted by atomic mass is 79.9. The molecule has 0 fully saturated rings. The van der Waals surface area contributed by atoms with Crippen molar-refractivity contribution in [3.63, 3.8) is 0 Å². The van der Waals surface area contributed by atoms with Crippen LogP contribution in [-0.4, -0.2) is 42.7 Å². The minimum atomic E-state index is -2.45. The van der Waals surface area contributed by atoms with Crippen molar-refractivity contribution in [2.45, 2.75) is 12.5 Å². The average Bonchev–Trinajstić information content (AvgIpc) is 2.29. The Labute approximate surface area is 114 Å². The van der Waals surface area contributed by atoms with E-state index >= 15 is 0 Å². The van der Waals surface area contributed by atoms with Gasteiger partial charge in [0.2, 0.25) is 0 Å². The highest BCUT2D eigenvalue weighted by Gasteiger charge is 2.21. The van der Waals surface area contributed by atoms with Crippen molar-refractivity contribution < 1.29 is 13.9 Å². The van der Waals surface area contributed by atoms with E-state index in [1.807, 2.05) is 24.3 Å². The molecule has 0 aromatic heterocycles. The first-order chi connectivity index (χ1) is 8.58. The normalized spacial score (nSPS) is 13.3. The molecule has 0 aliphatic heterocycles. The molecule has 1 rings (SSSR count). The molecule has 102 valence electrons. The molecular weight excluding hydrogens is 306 g/mol. The van der Waals surface area contributed by atoms with Crippen molar-refractivity contribution in [1.82, 2.24) is 4.90 Å². The number of hydrogen-bond acceptors (Lipinski definition) is 3. The van der Waals surface area contributed by atoms with Gasteiger partial charge in [0.05, 0.1) is 13.2 Å². The summed E-state index contributed by atoms with van der Waals surface area (Å²) in [5.41, 5.74) is 6.54. The summed E-state index contributed by atoms with van der Waals surface area (Å²) in [6, 6.07) is 7.08. The fourth-order valence-corrected chi connectivity index (χ4v) is 2.31. The van der Waals surface area contributed by atoms with E-state index in [-0.39, 0.29) is 25.7 Å². The van der Waals surface area contributed by atoms with Crippen LogP contribution in [0.4, 0.5) is 8.78 Å². The van der Waals surface area contributed by atoms with Gasteiger partial charge in [-0.15, -0.1) is 0 Å². The lowest BCUT2D eigenvalue weighted by Gasteiger charge is -2.30. The van der Waals surface area contributed by atoms with Crippen LogP contribution in [0, 0.1) is 0 Å². The zero-order chi connectivity index (χ0) is 13.5. The summed E-state index contributed by atoms with van der Waals surface area (Å²) in [4.78, 5) is 1.51. The Kier molecular flexibility index (Phi) is 6.70. The number of alkyl halides is 2. The molecule has 0 saturated carbocycles. The molecule has 0 aliphatic carbocycles. The number of aliphatic hydroxyl groups excluding tert-OH is 1.